The Kier molecular flexibility index (Phi) is 5.53. The molecule has 0 aliphatic heterocycles. The van der Waals surface area contributed by atoms with Gasteiger partial charge in [-0.3, -0.25) is 0 Å². The van der Waals surface area contributed by atoms with Gasteiger partial charge in [-0.05, 0) is 31.5 Å². The van der Waals surface area contributed by atoms with Crippen LogP contribution in [0.4, 0.5) is 0 Å². The van der Waals surface area contributed by atoms with E-state index in [4.69, 9.17) is 11.6 Å². The van der Waals surface area contributed by atoms with Crippen LogP contribution in [0.1, 0.15) is 31.6 Å². The highest BCUT2D eigenvalue weighted by Crippen LogP contribution is 2.23. The Morgan fingerprint density at radius 3 is 2.71 bits per heavy atom. The van der Waals surface area contributed by atoms with Crippen molar-refractivity contribution in [3.63, 3.8) is 0 Å². The van der Waals surface area contributed by atoms with Gasteiger partial charge in [-0.25, -0.2) is 0 Å². The summed E-state index contributed by atoms with van der Waals surface area (Å²) in [5, 5.41) is 3.50. The minimum Gasteiger partial charge on any atom is -0.314 e. The number of rotatable bonds is 6. The number of nitrogens with one attached hydrogen (secondary N) is 1. The van der Waals surface area contributed by atoms with Crippen molar-refractivity contribution in [2.75, 3.05) is 6.54 Å². The van der Waals surface area contributed by atoms with E-state index in [9.17, 15) is 0 Å². The molecule has 14 heavy (non-hydrogen) atoms. The molecule has 0 spiro atoms. The third-order valence-corrected chi connectivity index (χ3v) is 3.46. The predicted octanol–water partition coefficient (Wildman–Crippen LogP) is 3.72. The van der Waals surface area contributed by atoms with Crippen LogP contribution in [0.5, 0.6) is 0 Å². The molecule has 1 unspecified atom stereocenters. The summed E-state index contributed by atoms with van der Waals surface area (Å²) in [5.41, 5.74) is 0. The third kappa shape index (κ3) is 3.99. The summed E-state index contributed by atoms with van der Waals surface area (Å²) in [6.45, 7) is 5.43. The smallest absolute Gasteiger partial charge is 0.0931 e. The van der Waals surface area contributed by atoms with Gasteiger partial charge in [-0.2, -0.15) is 0 Å². The maximum atomic E-state index is 5.90. The van der Waals surface area contributed by atoms with Crippen LogP contribution < -0.4 is 5.32 Å². The second-order valence-corrected chi connectivity index (χ2v) is 5.25. The highest BCUT2D eigenvalue weighted by molar-refractivity contribution is 7.16. The van der Waals surface area contributed by atoms with E-state index in [1.807, 2.05) is 6.07 Å². The van der Waals surface area contributed by atoms with Gasteiger partial charge in [0, 0.05) is 10.9 Å². The van der Waals surface area contributed by atoms with Crippen molar-refractivity contribution < 1.29 is 0 Å². The molecular weight excluding hydrogens is 214 g/mol. The van der Waals surface area contributed by atoms with E-state index in [2.05, 4.69) is 25.2 Å². The molecule has 3 heteroatoms. The van der Waals surface area contributed by atoms with Gasteiger partial charge in [0.15, 0.2) is 0 Å². The minimum atomic E-state index is 0.611. The fourth-order valence-corrected chi connectivity index (χ4v) is 2.79. The van der Waals surface area contributed by atoms with Crippen molar-refractivity contribution in [3.8, 4) is 0 Å². The zero-order valence-corrected chi connectivity index (χ0v) is 10.4. The minimum absolute atomic E-state index is 0.611. The van der Waals surface area contributed by atoms with Gasteiger partial charge >= 0.3 is 0 Å². The van der Waals surface area contributed by atoms with E-state index < -0.39 is 0 Å². The zero-order valence-electron chi connectivity index (χ0n) is 8.85. The summed E-state index contributed by atoms with van der Waals surface area (Å²) in [6.07, 6.45) is 3.58. The molecule has 1 aromatic rings. The molecule has 0 saturated heterocycles. The normalized spacial score (nSPS) is 13.1. The quantitative estimate of drug-likeness (QED) is 0.787. The molecular formula is C11H18ClNS. The number of hydrogen-bond donors (Lipinski definition) is 1. The summed E-state index contributed by atoms with van der Waals surface area (Å²) in [6, 6.07) is 4.73. The second kappa shape index (κ2) is 6.44. The first-order valence-corrected chi connectivity index (χ1v) is 6.43. The third-order valence-electron chi connectivity index (χ3n) is 2.21. The average molecular weight is 232 g/mol. The largest absolute Gasteiger partial charge is 0.314 e. The van der Waals surface area contributed by atoms with Crippen molar-refractivity contribution in [2.45, 2.75) is 39.2 Å². The van der Waals surface area contributed by atoms with Crippen molar-refractivity contribution >= 4 is 22.9 Å². The fraction of sp³-hybridized carbons (Fsp3) is 0.636. The fourth-order valence-electron chi connectivity index (χ4n) is 1.62. The lowest BCUT2D eigenvalue weighted by molar-refractivity contribution is 0.488. The highest BCUT2D eigenvalue weighted by atomic mass is 35.5. The van der Waals surface area contributed by atoms with Gasteiger partial charge in [0.05, 0.1) is 4.34 Å². The van der Waals surface area contributed by atoms with Gasteiger partial charge < -0.3 is 5.32 Å². The Morgan fingerprint density at radius 2 is 2.21 bits per heavy atom. The molecule has 1 nitrogen and oxygen atoms in total. The van der Waals surface area contributed by atoms with Crippen LogP contribution in [-0.2, 0) is 6.42 Å². The Morgan fingerprint density at radius 1 is 1.43 bits per heavy atom. The van der Waals surface area contributed by atoms with Gasteiger partial charge in [-0.1, -0.05) is 31.9 Å². The molecule has 0 bridgehead atoms. The van der Waals surface area contributed by atoms with E-state index in [-0.39, 0.29) is 0 Å². The van der Waals surface area contributed by atoms with Crippen LogP contribution in [0.25, 0.3) is 0 Å². The van der Waals surface area contributed by atoms with E-state index in [0.717, 1.165) is 17.3 Å². The molecule has 1 rings (SSSR count). The molecule has 0 aliphatic carbocycles. The van der Waals surface area contributed by atoms with Gasteiger partial charge in [0.2, 0.25) is 0 Å². The lowest BCUT2D eigenvalue weighted by atomic mass is 10.1. The molecule has 0 radical (unpaired) electrons. The first kappa shape index (κ1) is 12.0. The first-order chi connectivity index (χ1) is 6.76. The van der Waals surface area contributed by atoms with E-state index >= 15 is 0 Å². The maximum Gasteiger partial charge on any atom is 0.0931 e. The van der Waals surface area contributed by atoms with Crippen LogP contribution in [-0.4, -0.2) is 12.6 Å². The van der Waals surface area contributed by atoms with Crippen LogP contribution in [0, 0.1) is 0 Å². The standard InChI is InChI=1S/C11H18ClNS/c1-3-5-9(13-4-2)8-10-6-7-11(12)14-10/h6-7,9,13H,3-5,8H2,1-2H3. The molecule has 1 heterocycles. The zero-order chi connectivity index (χ0) is 10.4. The summed E-state index contributed by atoms with van der Waals surface area (Å²) >= 11 is 7.59. The van der Waals surface area contributed by atoms with Crippen molar-refractivity contribution in [1.29, 1.82) is 0 Å². The van der Waals surface area contributed by atoms with Crippen molar-refractivity contribution in [1.82, 2.24) is 5.32 Å². The Hall–Kier alpha value is -0.0500. The molecule has 0 aliphatic rings. The average Bonchev–Trinajstić information content (AvgIpc) is 2.52. The summed E-state index contributed by atoms with van der Waals surface area (Å²) in [4.78, 5) is 1.38. The van der Waals surface area contributed by atoms with Gasteiger partial charge in [0.25, 0.3) is 0 Å². The Labute approximate surface area is 95.5 Å². The lowest BCUT2D eigenvalue weighted by Crippen LogP contribution is -2.30. The van der Waals surface area contributed by atoms with E-state index in [1.165, 1.54) is 17.7 Å². The molecule has 80 valence electrons. The van der Waals surface area contributed by atoms with Crippen LogP contribution in [0.3, 0.4) is 0 Å². The molecule has 0 amide bonds. The number of halogens is 1. The van der Waals surface area contributed by atoms with Gasteiger partial charge in [0.1, 0.15) is 0 Å². The van der Waals surface area contributed by atoms with Crippen molar-refractivity contribution in [3.05, 3.63) is 21.3 Å². The lowest BCUT2D eigenvalue weighted by Gasteiger charge is -2.15. The predicted molar refractivity (Wildman–Crippen MR) is 65.4 cm³/mol. The maximum absolute atomic E-state index is 5.90. The summed E-state index contributed by atoms with van der Waals surface area (Å²) < 4.78 is 0.895. The van der Waals surface area contributed by atoms with E-state index in [0.29, 0.717) is 6.04 Å². The van der Waals surface area contributed by atoms with Crippen LogP contribution in [0.2, 0.25) is 4.34 Å². The Bertz CT molecular complexity index is 254. The molecule has 0 aromatic carbocycles. The van der Waals surface area contributed by atoms with E-state index in [1.54, 1.807) is 11.3 Å². The summed E-state index contributed by atoms with van der Waals surface area (Å²) in [7, 11) is 0. The highest BCUT2D eigenvalue weighted by Gasteiger charge is 2.08. The van der Waals surface area contributed by atoms with Gasteiger partial charge in [-0.15, -0.1) is 11.3 Å². The first-order valence-electron chi connectivity index (χ1n) is 5.23. The molecule has 1 aromatic heterocycles. The van der Waals surface area contributed by atoms with Crippen LogP contribution >= 0.6 is 22.9 Å². The molecule has 1 N–H and O–H groups in total. The number of likely N-dealkylation sites (N-methyl/N-ethyl adjacent to an activating group) is 1. The molecule has 0 saturated carbocycles. The Balaban J connectivity index is 2.46. The second-order valence-electron chi connectivity index (χ2n) is 3.45. The topological polar surface area (TPSA) is 12.0 Å². The number of hydrogen-bond acceptors (Lipinski definition) is 2. The number of thiophene rings is 1. The monoisotopic (exact) mass is 231 g/mol. The molecule has 1 atom stereocenters. The summed E-state index contributed by atoms with van der Waals surface area (Å²) in [5.74, 6) is 0. The SMILES string of the molecule is CCCC(Cc1ccc(Cl)s1)NCC. The van der Waals surface area contributed by atoms with Crippen LogP contribution in [0.15, 0.2) is 12.1 Å². The molecule has 0 fully saturated rings. The van der Waals surface area contributed by atoms with Crippen molar-refractivity contribution in [2.24, 2.45) is 0 Å².